The fraction of sp³-hybridized carbons (Fsp3) is 0.190. The monoisotopic (exact) mass is 826 g/mol. The molecule has 3 heterocycles. The largest absolute Gasteiger partial charge is 0.305 e. The van der Waals surface area contributed by atoms with Crippen molar-refractivity contribution in [3.8, 4) is 33.6 Å². The SMILES string of the molecule is C[Si](C)(C)c1ccc(-c2[c-]cccc2)nc1.[2H]C(CC)(CC)c1ccnc(-c2[c-]ccc3c2sc2cc(-c4ccccc4)ccc23)c1.[Ir]. The van der Waals surface area contributed by atoms with E-state index in [2.05, 4.69) is 122 Å². The molecule has 0 atom stereocenters. The van der Waals surface area contributed by atoms with Crippen molar-refractivity contribution < 1.29 is 21.5 Å². The number of hydrogen-bond donors (Lipinski definition) is 0. The number of hydrogen-bond acceptors (Lipinski definition) is 3. The van der Waals surface area contributed by atoms with E-state index in [-0.39, 0.29) is 20.1 Å². The molecule has 0 spiro atoms. The number of thiophene rings is 1. The molecule has 3 aromatic heterocycles. The predicted molar refractivity (Wildman–Crippen MR) is 202 cm³/mol. The maximum absolute atomic E-state index is 8.84. The van der Waals surface area contributed by atoms with Crippen molar-refractivity contribution in [2.45, 2.75) is 52.2 Å². The van der Waals surface area contributed by atoms with Crippen LogP contribution in [-0.4, -0.2) is 18.0 Å². The Labute approximate surface area is 299 Å². The van der Waals surface area contributed by atoms with Gasteiger partial charge in [0.05, 0.1) is 8.07 Å². The first-order valence-electron chi connectivity index (χ1n) is 16.5. The molecule has 239 valence electrons. The van der Waals surface area contributed by atoms with Gasteiger partial charge in [-0.1, -0.05) is 105 Å². The zero-order chi connectivity index (χ0) is 33.0. The van der Waals surface area contributed by atoms with Gasteiger partial charge in [-0.3, -0.25) is 0 Å². The molecular weight excluding hydrogens is 785 g/mol. The van der Waals surface area contributed by atoms with Crippen molar-refractivity contribution in [2.75, 3.05) is 0 Å². The van der Waals surface area contributed by atoms with E-state index in [9.17, 15) is 0 Å². The smallest absolute Gasteiger partial charge is 0.0795 e. The van der Waals surface area contributed by atoms with Gasteiger partial charge in [0.15, 0.2) is 0 Å². The number of nitrogens with zero attached hydrogens (tertiary/aromatic N) is 2. The van der Waals surface area contributed by atoms with Gasteiger partial charge in [0, 0.05) is 38.6 Å². The molecular formula is C42H40IrN2SSi-2. The molecule has 5 heteroatoms. The first-order chi connectivity index (χ1) is 22.7. The van der Waals surface area contributed by atoms with Crippen LogP contribution >= 0.6 is 11.3 Å². The van der Waals surface area contributed by atoms with Crippen LogP contribution in [0.25, 0.3) is 53.8 Å². The molecule has 4 aromatic carbocycles. The van der Waals surface area contributed by atoms with Crippen molar-refractivity contribution in [3.05, 3.63) is 139 Å². The van der Waals surface area contributed by atoms with Crippen molar-refractivity contribution in [1.82, 2.24) is 9.97 Å². The Bertz CT molecular complexity index is 2100. The van der Waals surface area contributed by atoms with Crippen LogP contribution in [0.5, 0.6) is 0 Å². The van der Waals surface area contributed by atoms with Crippen LogP contribution in [0, 0.1) is 12.1 Å². The molecule has 0 bridgehead atoms. The Hall–Kier alpha value is -3.73. The molecule has 0 saturated carbocycles. The molecule has 0 unspecified atom stereocenters. The summed E-state index contributed by atoms with van der Waals surface area (Å²) in [6.07, 6.45) is 5.42. The third-order valence-corrected chi connectivity index (χ3v) is 11.6. The van der Waals surface area contributed by atoms with Crippen molar-refractivity contribution >= 4 is 44.8 Å². The fourth-order valence-electron chi connectivity index (χ4n) is 5.74. The van der Waals surface area contributed by atoms with Gasteiger partial charge in [0.25, 0.3) is 0 Å². The van der Waals surface area contributed by atoms with Crippen LogP contribution in [0.2, 0.25) is 19.6 Å². The van der Waals surface area contributed by atoms with E-state index in [4.69, 9.17) is 1.37 Å². The van der Waals surface area contributed by atoms with Crippen LogP contribution in [0.4, 0.5) is 0 Å². The molecule has 0 fully saturated rings. The fourth-order valence-corrected chi connectivity index (χ4v) is 8.02. The van der Waals surface area contributed by atoms with E-state index in [1.807, 2.05) is 54.9 Å². The summed E-state index contributed by atoms with van der Waals surface area (Å²) in [5, 5.41) is 3.90. The minimum atomic E-state index is -1.23. The number of rotatable bonds is 7. The summed E-state index contributed by atoms with van der Waals surface area (Å²) >= 11 is 1.80. The Kier molecular flexibility index (Phi) is 10.9. The van der Waals surface area contributed by atoms with E-state index in [1.54, 1.807) is 11.3 Å². The second kappa shape index (κ2) is 15.4. The number of fused-ring (bicyclic) bond motifs is 3. The molecule has 7 aromatic rings. The molecule has 1 radical (unpaired) electrons. The van der Waals surface area contributed by atoms with E-state index in [0.717, 1.165) is 40.9 Å². The van der Waals surface area contributed by atoms with Gasteiger partial charge in [0.1, 0.15) is 0 Å². The zero-order valence-corrected chi connectivity index (χ0v) is 31.8. The number of benzene rings is 4. The van der Waals surface area contributed by atoms with Gasteiger partial charge in [-0.05, 0) is 68.7 Å². The van der Waals surface area contributed by atoms with E-state index in [1.165, 1.54) is 36.5 Å². The summed E-state index contributed by atoms with van der Waals surface area (Å²) in [5.41, 5.74) is 7.48. The molecule has 0 N–H and O–H groups in total. The van der Waals surface area contributed by atoms with Crippen LogP contribution in [0.15, 0.2) is 122 Å². The second-order valence-electron chi connectivity index (χ2n) is 12.5. The van der Waals surface area contributed by atoms with Crippen LogP contribution in [0.3, 0.4) is 0 Å². The molecule has 47 heavy (non-hydrogen) atoms. The molecule has 0 saturated heterocycles. The Morgan fingerprint density at radius 3 is 2.21 bits per heavy atom. The van der Waals surface area contributed by atoms with E-state index >= 15 is 0 Å². The summed E-state index contributed by atoms with van der Waals surface area (Å²) in [6.45, 7) is 11.2. The van der Waals surface area contributed by atoms with Crippen LogP contribution in [-0.2, 0) is 20.1 Å². The minimum Gasteiger partial charge on any atom is -0.305 e. The average Bonchev–Trinajstić information content (AvgIpc) is 3.50. The van der Waals surface area contributed by atoms with Crippen molar-refractivity contribution in [1.29, 1.82) is 0 Å². The summed E-state index contributed by atoms with van der Waals surface area (Å²) in [6, 6.07) is 44.3. The van der Waals surface area contributed by atoms with E-state index < -0.39 is 14.0 Å². The third kappa shape index (κ3) is 7.88. The van der Waals surface area contributed by atoms with Gasteiger partial charge >= 0.3 is 0 Å². The molecule has 0 amide bonds. The van der Waals surface area contributed by atoms with Gasteiger partial charge in [-0.25, -0.2) is 0 Å². The second-order valence-corrected chi connectivity index (χ2v) is 18.6. The quantitative estimate of drug-likeness (QED) is 0.118. The molecule has 0 aliphatic carbocycles. The summed E-state index contributed by atoms with van der Waals surface area (Å²) in [5.74, 6) is -0.573. The summed E-state index contributed by atoms with van der Waals surface area (Å²) in [4.78, 5) is 9.19. The first kappa shape index (κ1) is 33.2. The van der Waals surface area contributed by atoms with Gasteiger partial charge in [-0.2, -0.15) is 11.3 Å². The van der Waals surface area contributed by atoms with Crippen molar-refractivity contribution in [3.63, 3.8) is 0 Å². The topological polar surface area (TPSA) is 25.8 Å². The maximum Gasteiger partial charge on any atom is 0.0795 e. The van der Waals surface area contributed by atoms with Gasteiger partial charge in [0.2, 0.25) is 0 Å². The normalized spacial score (nSPS) is 11.8. The first-order valence-corrected chi connectivity index (χ1v) is 20.3. The third-order valence-electron chi connectivity index (χ3n) is 8.43. The Morgan fingerprint density at radius 1 is 0.745 bits per heavy atom. The molecule has 2 nitrogen and oxygen atoms in total. The van der Waals surface area contributed by atoms with Crippen molar-refractivity contribution in [2.24, 2.45) is 0 Å². The zero-order valence-electron chi connectivity index (χ0n) is 28.6. The Balaban J connectivity index is 0.000000224. The van der Waals surface area contributed by atoms with Gasteiger partial charge < -0.3 is 9.97 Å². The standard InChI is InChI=1S/C28H24NS.C14H16NSi.Ir/c1-3-19(4-2)22-15-16-29-26(17-22)25-12-8-11-24-23-14-13-21(18-27(23)30-28(24)25)20-9-6-5-7-10-20;1-16(2,3)13-9-10-14(15-11-13)12-7-5-4-6-8-12;/h5-11,13-19H,3-4H2,1-2H3;4-7,9-11H,1-3H3;/q2*-1;/i19D;;. The average molecular weight is 826 g/mol. The molecule has 0 aliphatic heterocycles. The number of pyridine rings is 2. The van der Waals surface area contributed by atoms with Gasteiger partial charge in [-0.15, -0.1) is 59.7 Å². The van der Waals surface area contributed by atoms with E-state index in [0.29, 0.717) is 0 Å². The molecule has 7 rings (SSSR count). The van der Waals surface area contributed by atoms with Crippen LogP contribution in [0.1, 0.15) is 39.5 Å². The number of aromatic nitrogens is 2. The Morgan fingerprint density at radius 2 is 1.53 bits per heavy atom. The predicted octanol–water partition coefficient (Wildman–Crippen LogP) is 11.6. The molecule has 0 aliphatic rings. The van der Waals surface area contributed by atoms with Crippen LogP contribution < -0.4 is 5.19 Å². The summed E-state index contributed by atoms with van der Waals surface area (Å²) in [7, 11) is -1.23. The maximum atomic E-state index is 8.84. The minimum absolute atomic E-state index is 0. The summed E-state index contributed by atoms with van der Waals surface area (Å²) < 4.78 is 11.3.